The van der Waals surface area contributed by atoms with Crippen molar-refractivity contribution in [2.24, 2.45) is 0 Å². The first-order valence-electron chi connectivity index (χ1n) is 6.50. The summed E-state index contributed by atoms with van der Waals surface area (Å²) in [7, 11) is 0. The molecule has 0 radical (unpaired) electrons. The quantitative estimate of drug-likeness (QED) is 0.697. The molecule has 0 saturated heterocycles. The monoisotopic (exact) mass is 306 g/mol. The molecule has 20 heavy (non-hydrogen) atoms. The molecule has 0 saturated carbocycles. The van der Waals surface area contributed by atoms with Crippen molar-refractivity contribution in [3.63, 3.8) is 0 Å². The van der Waals surface area contributed by atoms with Gasteiger partial charge < -0.3 is 9.47 Å². The highest BCUT2D eigenvalue weighted by atomic mass is 35.5. The van der Waals surface area contributed by atoms with Gasteiger partial charge in [-0.1, -0.05) is 47.5 Å². The zero-order chi connectivity index (χ0) is 13.9. The van der Waals surface area contributed by atoms with Crippen molar-refractivity contribution in [2.45, 2.75) is 18.4 Å². The van der Waals surface area contributed by atoms with E-state index in [0.29, 0.717) is 16.7 Å². The lowest BCUT2D eigenvalue weighted by Crippen LogP contribution is -2.38. The first kappa shape index (κ1) is 12.4. The Morgan fingerprint density at radius 2 is 1.75 bits per heavy atom. The van der Waals surface area contributed by atoms with Gasteiger partial charge in [0.2, 0.25) is 0 Å². The van der Waals surface area contributed by atoms with E-state index < -0.39 is 5.60 Å². The summed E-state index contributed by atoms with van der Waals surface area (Å²) < 4.78 is 12.1. The Kier molecular flexibility index (Phi) is 2.51. The molecular weight excluding hydrogens is 295 g/mol. The van der Waals surface area contributed by atoms with Crippen molar-refractivity contribution in [1.29, 1.82) is 0 Å². The summed E-state index contributed by atoms with van der Waals surface area (Å²) in [5.41, 5.74) is 1.60. The van der Waals surface area contributed by atoms with E-state index in [-0.39, 0.29) is 5.92 Å². The predicted octanol–water partition coefficient (Wildman–Crippen LogP) is 4.78. The van der Waals surface area contributed by atoms with E-state index in [1.54, 1.807) is 0 Å². The fraction of sp³-hybridized carbons (Fsp3) is 0.250. The number of ether oxygens (including phenoxy) is 2. The Morgan fingerprint density at radius 3 is 2.55 bits per heavy atom. The molecule has 2 aromatic carbocycles. The van der Waals surface area contributed by atoms with Crippen molar-refractivity contribution < 1.29 is 9.47 Å². The number of rotatable bonds is 0. The van der Waals surface area contributed by atoms with Crippen molar-refractivity contribution >= 4 is 23.2 Å². The molecule has 0 aromatic heterocycles. The molecule has 0 bridgehead atoms. The third-order valence-corrected chi connectivity index (χ3v) is 4.84. The molecule has 0 N–H and O–H groups in total. The molecule has 2 aliphatic heterocycles. The van der Waals surface area contributed by atoms with Crippen LogP contribution in [0, 0.1) is 0 Å². The maximum atomic E-state index is 6.26. The van der Waals surface area contributed by atoms with Crippen LogP contribution in [0.5, 0.6) is 11.5 Å². The van der Waals surface area contributed by atoms with E-state index in [4.69, 9.17) is 32.7 Å². The molecule has 0 amide bonds. The molecule has 102 valence electrons. The van der Waals surface area contributed by atoms with Gasteiger partial charge in [-0.05, 0) is 19.1 Å². The minimum atomic E-state index is -0.480. The van der Waals surface area contributed by atoms with Gasteiger partial charge in [-0.3, -0.25) is 0 Å². The Labute approximate surface area is 127 Å². The van der Waals surface area contributed by atoms with Gasteiger partial charge in [0.05, 0.1) is 22.6 Å². The molecule has 2 aromatic rings. The van der Waals surface area contributed by atoms with Crippen LogP contribution in [0.2, 0.25) is 10.0 Å². The average molecular weight is 307 g/mol. The van der Waals surface area contributed by atoms with Gasteiger partial charge in [-0.25, -0.2) is 0 Å². The normalized spacial score (nSPS) is 26.1. The van der Waals surface area contributed by atoms with Crippen LogP contribution >= 0.6 is 23.2 Å². The smallest absolute Gasteiger partial charge is 0.145 e. The first-order valence-corrected chi connectivity index (χ1v) is 7.26. The highest BCUT2D eigenvalue weighted by Crippen LogP contribution is 2.57. The van der Waals surface area contributed by atoms with E-state index in [9.17, 15) is 0 Å². The summed E-state index contributed by atoms with van der Waals surface area (Å²) in [4.78, 5) is 0. The maximum Gasteiger partial charge on any atom is 0.145 e. The van der Waals surface area contributed by atoms with Crippen LogP contribution in [-0.2, 0) is 5.60 Å². The Morgan fingerprint density at radius 1 is 1.05 bits per heavy atom. The summed E-state index contributed by atoms with van der Waals surface area (Å²) in [6.45, 7) is 2.62. The number of hydrogen-bond acceptors (Lipinski definition) is 2. The summed E-state index contributed by atoms with van der Waals surface area (Å²) in [5.74, 6) is 1.61. The SMILES string of the molecule is CC12Oc3c(Cl)cccc3C1COc1c(Cl)cccc12. The molecule has 2 unspecified atom stereocenters. The minimum absolute atomic E-state index is 0.127. The van der Waals surface area contributed by atoms with Gasteiger partial charge in [-0.2, -0.15) is 0 Å². The number of benzene rings is 2. The van der Waals surface area contributed by atoms with Crippen LogP contribution in [0.4, 0.5) is 0 Å². The van der Waals surface area contributed by atoms with Gasteiger partial charge >= 0.3 is 0 Å². The number of para-hydroxylation sites is 2. The zero-order valence-corrected chi connectivity index (χ0v) is 12.3. The molecule has 4 rings (SSSR count). The third kappa shape index (κ3) is 1.46. The maximum absolute atomic E-state index is 6.26. The molecular formula is C16H12Cl2O2. The molecule has 0 fully saturated rings. The van der Waals surface area contributed by atoms with Gasteiger partial charge in [-0.15, -0.1) is 0 Å². The lowest BCUT2D eigenvalue weighted by molar-refractivity contribution is 0.0436. The molecule has 2 heterocycles. The number of halogens is 2. The van der Waals surface area contributed by atoms with E-state index in [2.05, 4.69) is 13.0 Å². The molecule has 2 nitrogen and oxygen atoms in total. The van der Waals surface area contributed by atoms with Crippen LogP contribution in [0.25, 0.3) is 0 Å². The van der Waals surface area contributed by atoms with Gasteiger partial charge in [0, 0.05) is 11.1 Å². The Balaban J connectivity index is 1.94. The van der Waals surface area contributed by atoms with E-state index >= 15 is 0 Å². The molecule has 2 atom stereocenters. The summed E-state index contributed by atoms with van der Waals surface area (Å²) in [5, 5.41) is 1.26. The van der Waals surface area contributed by atoms with Crippen molar-refractivity contribution in [3.05, 3.63) is 57.6 Å². The van der Waals surface area contributed by atoms with Crippen LogP contribution in [0.3, 0.4) is 0 Å². The van der Waals surface area contributed by atoms with Crippen LogP contribution < -0.4 is 9.47 Å². The van der Waals surface area contributed by atoms with Crippen molar-refractivity contribution in [2.75, 3.05) is 6.61 Å². The summed E-state index contributed by atoms with van der Waals surface area (Å²) in [6, 6.07) is 11.6. The number of hydrogen-bond donors (Lipinski definition) is 0. The lowest BCUT2D eigenvalue weighted by Gasteiger charge is -2.37. The average Bonchev–Trinajstić information content (AvgIpc) is 2.74. The molecule has 0 aliphatic carbocycles. The predicted molar refractivity (Wildman–Crippen MR) is 79.1 cm³/mol. The second-order valence-corrected chi connectivity index (χ2v) is 6.16. The Hall–Kier alpha value is -1.38. The summed E-state index contributed by atoms with van der Waals surface area (Å²) >= 11 is 12.5. The minimum Gasteiger partial charge on any atom is -0.491 e. The van der Waals surface area contributed by atoms with E-state index in [1.807, 2.05) is 30.3 Å². The van der Waals surface area contributed by atoms with Gasteiger partial charge in [0.25, 0.3) is 0 Å². The lowest BCUT2D eigenvalue weighted by atomic mass is 9.79. The van der Waals surface area contributed by atoms with Crippen molar-refractivity contribution in [1.82, 2.24) is 0 Å². The summed E-state index contributed by atoms with van der Waals surface area (Å²) in [6.07, 6.45) is 0. The molecule has 2 aliphatic rings. The standard InChI is InChI=1S/C16H12Cl2O2/c1-16-10-5-3-7-13(18)15(10)19-8-11(16)9-4-2-6-12(17)14(9)20-16/h2-7,11H,8H2,1H3. The fourth-order valence-electron chi connectivity index (χ4n) is 3.19. The third-order valence-electron chi connectivity index (χ3n) is 4.25. The topological polar surface area (TPSA) is 18.5 Å². The largest absolute Gasteiger partial charge is 0.491 e. The van der Waals surface area contributed by atoms with Gasteiger partial charge in [0.15, 0.2) is 0 Å². The van der Waals surface area contributed by atoms with Crippen LogP contribution in [0.1, 0.15) is 24.0 Å². The van der Waals surface area contributed by atoms with Gasteiger partial charge in [0.1, 0.15) is 17.1 Å². The van der Waals surface area contributed by atoms with Crippen LogP contribution in [0.15, 0.2) is 36.4 Å². The second-order valence-electron chi connectivity index (χ2n) is 5.35. The van der Waals surface area contributed by atoms with E-state index in [1.165, 1.54) is 0 Å². The van der Waals surface area contributed by atoms with E-state index in [0.717, 1.165) is 22.6 Å². The number of fused-ring (bicyclic) bond motifs is 5. The zero-order valence-electron chi connectivity index (χ0n) is 10.8. The van der Waals surface area contributed by atoms with Crippen molar-refractivity contribution in [3.8, 4) is 11.5 Å². The Bertz CT molecular complexity index is 714. The highest BCUT2D eigenvalue weighted by molar-refractivity contribution is 6.32. The molecule has 0 spiro atoms. The fourth-order valence-corrected chi connectivity index (χ4v) is 3.64. The second kappa shape index (κ2) is 4.06. The van der Waals surface area contributed by atoms with Crippen LogP contribution in [-0.4, -0.2) is 6.61 Å². The first-order chi connectivity index (χ1) is 9.61. The molecule has 4 heteroatoms. The highest BCUT2D eigenvalue weighted by Gasteiger charge is 2.51.